The van der Waals surface area contributed by atoms with E-state index < -0.39 is 0 Å². The van der Waals surface area contributed by atoms with Gasteiger partial charge in [-0.15, -0.1) is 0 Å². The van der Waals surface area contributed by atoms with Gasteiger partial charge in [0.15, 0.2) is 0 Å². The van der Waals surface area contributed by atoms with Crippen LogP contribution in [0, 0.1) is 0 Å². The van der Waals surface area contributed by atoms with E-state index >= 15 is 0 Å². The summed E-state index contributed by atoms with van der Waals surface area (Å²) in [5.41, 5.74) is 3.22. The van der Waals surface area contributed by atoms with Crippen molar-refractivity contribution in [1.82, 2.24) is 15.0 Å². The number of nitrogens with one attached hydrogen (secondary N) is 2. The van der Waals surface area contributed by atoms with Crippen LogP contribution >= 0.6 is 0 Å². The number of hydrogen-bond acceptors (Lipinski definition) is 3. The Kier molecular flexibility index (Phi) is 2.46. The van der Waals surface area contributed by atoms with Gasteiger partial charge in [0, 0.05) is 29.0 Å². The van der Waals surface area contributed by atoms with Crippen LogP contribution in [0.5, 0.6) is 0 Å². The summed E-state index contributed by atoms with van der Waals surface area (Å²) in [6, 6.07) is 10.2. The first kappa shape index (κ1) is 9.84. The molecule has 0 unspecified atom stereocenters. The molecule has 0 bridgehead atoms. The predicted molar refractivity (Wildman–Crippen MR) is 67.7 cm³/mol. The Balaban J connectivity index is 1.76. The minimum Gasteiger partial charge on any atom is -0.379 e. The number of aromatic nitrogens is 3. The largest absolute Gasteiger partial charge is 0.379 e. The maximum atomic E-state index is 4.17. The van der Waals surface area contributed by atoms with Crippen LogP contribution in [0.3, 0.4) is 0 Å². The Bertz CT molecular complexity index is 615. The highest BCUT2D eigenvalue weighted by Crippen LogP contribution is 2.18. The van der Waals surface area contributed by atoms with Crippen molar-refractivity contribution >= 4 is 16.6 Å². The quantitative estimate of drug-likeness (QED) is 0.719. The Morgan fingerprint density at radius 2 is 2.18 bits per heavy atom. The van der Waals surface area contributed by atoms with Gasteiger partial charge in [-0.25, -0.2) is 9.97 Å². The Hall–Kier alpha value is -2.36. The fourth-order valence-electron chi connectivity index (χ4n) is 1.78. The first-order valence-corrected chi connectivity index (χ1v) is 5.48. The van der Waals surface area contributed by atoms with E-state index in [1.165, 1.54) is 5.39 Å². The molecule has 3 rings (SSSR count). The zero-order valence-electron chi connectivity index (χ0n) is 9.22. The highest BCUT2D eigenvalue weighted by molar-refractivity contribution is 5.82. The molecule has 0 spiro atoms. The number of aromatic amines is 1. The molecule has 0 saturated carbocycles. The van der Waals surface area contributed by atoms with E-state index in [9.17, 15) is 0 Å². The van der Waals surface area contributed by atoms with E-state index in [1.807, 2.05) is 12.3 Å². The summed E-state index contributed by atoms with van der Waals surface area (Å²) in [6.45, 7) is 0.707. The number of fused-ring (bicyclic) bond motifs is 1. The number of hydrogen-bond donors (Lipinski definition) is 2. The van der Waals surface area contributed by atoms with Crippen molar-refractivity contribution in [3.63, 3.8) is 0 Å². The summed E-state index contributed by atoms with van der Waals surface area (Å²) >= 11 is 0. The molecule has 4 nitrogen and oxygen atoms in total. The highest BCUT2D eigenvalue weighted by Gasteiger charge is 1.97. The zero-order chi connectivity index (χ0) is 11.5. The van der Waals surface area contributed by atoms with E-state index in [1.54, 1.807) is 12.5 Å². The topological polar surface area (TPSA) is 53.6 Å². The third-order valence-corrected chi connectivity index (χ3v) is 2.67. The van der Waals surface area contributed by atoms with Gasteiger partial charge in [0.2, 0.25) is 0 Å². The average molecular weight is 224 g/mol. The van der Waals surface area contributed by atoms with Crippen molar-refractivity contribution in [3.05, 3.63) is 54.7 Å². The molecule has 0 aliphatic heterocycles. The van der Waals surface area contributed by atoms with Gasteiger partial charge in [0.05, 0.1) is 12.2 Å². The predicted octanol–water partition coefficient (Wildman–Crippen LogP) is 2.57. The third kappa shape index (κ3) is 2.10. The molecule has 3 aromatic rings. The molecule has 0 aliphatic carbocycles. The fraction of sp³-hybridized carbons (Fsp3) is 0.0769. The highest BCUT2D eigenvalue weighted by atomic mass is 14.9. The third-order valence-electron chi connectivity index (χ3n) is 2.67. The zero-order valence-corrected chi connectivity index (χ0v) is 9.22. The monoisotopic (exact) mass is 224 g/mol. The molecule has 2 N–H and O–H groups in total. The first-order valence-electron chi connectivity index (χ1n) is 5.48. The lowest BCUT2D eigenvalue weighted by molar-refractivity contribution is 1.01. The number of benzene rings is 1. The number of H-pyrrole nitrogens is 1. The molecule has 1 aromatic carbocycles. The van der Waals surface area contributed by atoms with Gasteiger partial charge in [0.1, 0.15) is 6.33 Å². The molecular weight excluding hydrogens is 212 g/mol. The van der Waals surface area contributed by atoms with Crippen molar-refractivity contribution in [2.75, 3.05) is 5.32 Å². The van der Waals surface area contributed by atoms with Crippen LogP contribution in [0.1, 0.15) is 5.69 Å². The normalized spacial score (nSPS) is 10.6. The van der Waals surface area contributed by atoms with Crippen LogP contribution in [-0.4, -0.2) is 15.0 Å². The molecule has 84 valence electrons. The molecule has 2 aromatic heterocycles. The van der Waals surface area contributed by atoms with Crippen LogP contribution < -0.4 is 5.32 Å². The second kappa shape index (κ2) is 4.25. The molecule has 17 heavy (non-hydrogen) atoms. The van der Waals surface area contributed by atoms with Gasteiger partial charge >= 0.3 is 0 Å². The molecule has 0 fully saturated rings. The van der Waals surface area contributed by atoms with Crippen molar-refractivity contribution < 1.29 is 0 Å². The van der Waals surface area contributed by atoms with Crippen molar-refractivity contribution in [2.45, 2.75) is 6.54 Å². The maximum absolute atomic E-state index is 4.17. The SMILES string of the molecule is c1cc(CNc2ccc3[nH]ccc3c2)ncn1. The Labute approximate surface area is 98.7 Å². The summed E-state index contributed by atoms with van der Waals surface area (Å²) in [6.07, 6.45) is 5.25. The van der Waals surface area contributed by atoms with E-state index in [2.05, 4.69) is 44.5 Å². The molecule has 0 atom stereocenters. The number of anilines is 1. The van der Waals surface area contributed by atoms with Crippen molar-refractivity contribution in [2.24, 2.45) is 0 Å². The van der Waals surface area contributed by atoms with Crippen LogP contribution in [0.15, 0.2) is 49.1 Å². The van der Waals surface area contributed by atoms with Gasteiger partial charge in [-0.1, -0.05) is 0 Å². The molecule has 0 saturated heterocycles. The van der Waals surface area contributed by atoms with Gasteiger partial charge < -0.3 is 10.3 Å². The van der Waals surface area contributed by atoms with Crippen molar-refractivity contribution in [3.8, 4) is 0 Å². The van der Waals surface area contributed by atoms with Gasteiger partial charge in [-0.3, -0.25) is 0 Å². The molecule has 2 heterocycles. The van der Waals surface area contributed by atoms with Gasteiger partial charge in [-0.2, -0.15) is 0 Å². The number of rotatable bonds is 3. The lowest BCUT2D eigenvalue weighted by atomic mass is 10.2. The van der Waals surface area contributed by atoms with Crippen LogP contribution in [0.4, 0.5) is 5.69 Å². The fourth-order valence-corrected chi connectivity index (χ4v) is 1.78. The number of nitrogens with zero attached hydrogens (tertiary/aromatic N) is 2. The van der Waals surface area contributed by atoms with Crippen molar-refractivity contribution in [1.29, 1.82) is 0 Å². The van der Waals surface area contributed by atoms with E-state index in [4.69, 9.17) is 0 Å². The summed E-state index contributed by atoms with van der Waals surface area (Å²) < 4.78 is 0. The smallest absolute Gasteiger partial charge is 0.115 e. The summed E-state index contributed by atoms with van der Waals surface area (Å²) in [5.74, 6) is 0. The standard InChI is InChI=1S/C13H12N4/c1-2-13-10(3-6-15-13)7-11(1)16-8-12-4-5-14-9-17-12/h1-7,9,15-16H,8H2. The minimum absolute atomic E-state index is 0.707. The Morgan fingerprint density at radius 3 is 3.06 bits per heavy atom. The van der Waals surface area contributed by atoms with Crippen LogP contribution in [-0.2, 0) is 6.54 Å². The minimum atomic E-state index is 0.707. The van der Waals surface area contributed by atoms with Gasteiger partial charge in [-0.05, 0) is 30.3 Å². The molecule has 0 amide bonds. The van der Waals surface area contributed by atoms with Crippen LogP contribution in [0.2, 0.25) is 0 Å². The average Bonchev–Trinajstić information content (AvgIpc) is 2.85. The lowest BCUT2D eigenvalue weighted by Crippen LogP contribution is -2.01. The van der Waals surface area contributed by atoms with E-state index in [-0.39, 0.29) is 0 Å². The molecule has 4 heteroatoms. The second-order valence-corrected chi connectivity index (χ2v) is 3.83. The molecule has 0 radical (unpaired) electrons. The summed E-state index contributed by atoms with van der Waals surface area (Å²) in [7, 11) is 0. The first-order chi connectivity index (χ1) is 8.42. The summed E-state index contributed by atoms with van der Waals surface area (Å²) in [4.78, 5) is 11.2. The van der Waals surface area contributed by atoms with Gasteiger partial charge in [0.25, 0.3) is 0 Å². The molecule has 0 aliphatic rings. The Morgan fingerprint density at radius 1 is 1.18 bits per heavy atom. The van der Waals surface area contributed by atoms with E-state index in [0.717, 1.165) is 16.9 Å². The summed E-state index contributed by atoms with van der Waals surface area (Å²) in [5, 5.41) is 4.54. The second-order valence-electron chi connectivity index (χ2n) is 3.83. The maximum Gasteiger partial charge on any atom is 0.115 e. The van der Waals surface area contributed by atoms with Crippen LogP contribution in [0.25, 0.3) is 10.9 Å². The lowest BCUT2D eigenvalue weighted by Gasteiger charge is -2.05. The van der Waals surface area contributed by atoms with E-state index in [0.29, 0.717) is 6.54 Å². The molecular formula is C13H12N4.